The van der Waals surface area contributed by atoms with Crippen LogP contribution in [0.25, 0.3) is 10.9 Å². The molecule has 0 radical (unpaired) electrons. The maximum atomic E-state index is 11.0. The number of primary amides is 1. The van der Waals surface area contributed by atoms with Gasteiger partial charge in [-0.05, 0) is 40.8 Å². The highest BCUT2D eigenvalue weighted by Crippen LogP contribution is 2.22. The Bertz CT molecular complexity index is 555. The first-order valence-electron chi connectivity index (χ1n) is 4.11. The maximum Gasteiger partial charge on any atom is 0.271 e. The van der Waals surface area contributed by atoms with Gasteiger partial charge in [-0.25, -0.2) is 0 Å². The monoisotopic (exact) mass is 314 g/mol. The minimum absolute atomic E-state index is 0.0181. The smallest absolute Gasteiger partial charge is 0.271 e. The van der Waals surface area contributed by atoms with E-state index >= 15 is 0 Å². The summed E-state index contributed by atoms with van der Waals surface area (Å²) < 4.78 is 1.01. The highest BCUT2D eigenvalue weighted by atomic mass is 127. The van der Waals surface area contributed by atoms with Crippen molar-refractivity contribution in [3.63, 3.8) is 0 Å². The Morgan fingerprint density at radius 2 is 2.07 bits per heavy atom. The van der Waals surface area contributed by atoms with E-state index in [9.17, 15) is 4.79 Å². The number of nitrogen functional groups attached to an aromatic ring is 1. The van der Waals surface area contributed by atoms with Gasteiger partial charge >= 0.3 is 0 Å². The van der Waals surface area contributed by atoms with E-state index in [1.807, 2.05) is 12.1 Å². The summed E-state index contributed by atoms with van der Waals surface area (Å²) >= 11 is 2.15. The molecule has 2 rings (SSSR count). The van der Waals surface area contributed by atoms with E-state index in [-0.39, 0.29) is 11.4 Å². The number of carbonyl (C=O) groups excluding carboxylic acids is 1. The summed E-state index contributed by atoms with van der Waals surface area (Å²) in [5.74, 6) is -0.666. The molecule has 4 N–H and O–H groups in total. The number of anilines is 1. The molecule has 0 bridgehead atoms. The first-order valence-corrected chi connectivity index (χ1v) is 5.18. The van der Waals surface area contributed by atoms with Crippen molar-refractivity contribution >= 4 is 45.1 Å². The number of nitrogens with two attached hydrogens (primary N) is 2. The van der Waals surface area contributed by atoms with Crippen LogP contribution in [0.5, 0.6) is 0 Å². The minimum atomic E-state index is -0.666. The van der Waals surface area contributed by atoms with Crippen LogP contribution in [0.2, 0.25) is 0 Å². The number of rotatable bonds is 1. The molecular formula is C9H7IN4O. The predicted octanol–water partition coefficient (Wildman–Crippen LogP) is 0.915. The number of fused-ring (bicyclic) bond motifs is 1. The van der Waals surface area contributed by atoms with Gasteiger partial charge in [0.1, 0.15) is 0 Å². The summed E-state index contributed by atoms with van der Waals surface area (Å²) in [6, 6.07) is 5.53. The Morgan fingerprint density at radius 3 is 2.73 bits per heavy atom. The van der Waals surface area contributed by atoms with E-state index in [0.717, 1.165) is 3.57 Å². The first kappa shape index (κ1) is 10.1. The van der Waals surface area contributed by atoms with E-state index in [2.05, 4.69) is 32.8 Å². The van der Waals surface area contributed by atoms with Crippen molar-refractivity contribution in [3.8, 4) is 0 Å². The maximum absolute atomic E-state index is 11.0. The van der Waals surface area contributed by atoms with E-state index in [0.29, 0.717) is 10.9 Å². The summed E-state index contributed by atoms with van der Waals surface area (Å²) in [5, 5.41) is 8.25. The lowest BCUT2D eigenvalue weighted by atomic mass is 10.1. The number of nitrogens with zero attached hydrogens (tertiary/aromatic N) is 2. The minimum Gasteiger partial charge on any atom is -0.396 e. The van der Waals surface area contributed by atoms with E-state index in [1.165, 1.54) is 0 Å². The molecule has 15 heavy (non-hydrogen) atoms. The van der Waals surface area contributed by atoms with Crippen molar-refractivity contribution in [1.29, 1.82) is 0 Å². The largest absolute Gasteiger partial charge is 0.396 e. The number of benzene rings is 1. The van der Waals surface area contributed by atoms with Crippen LogP contribution in [0.3, 0.4) is 0 Å². The van der Waals surface area contributed by atoms with Crippen LogP contribution in [0.1, 0.15) is 10.5 Å². The van der Waals surface area contributed by atoms with Crippen LogP contribution in [0.4, 0.5) is 5.69 Å². The van der Waals surface area contributed by atoms with Gasteiger partial charge in [-0.3, -0.25) is 4.79 Å². The number of hydrogen-bond acceptors (Lipinski definition) is 4. The van der Waals surface area contributed by atoms with Gasteiger partial charge in [0.15, 0.2) is 5.69 Å². The van der Waals surface area contributed by atoms with Crippen LogP contribution in [-0.2, 0) is 0 Å². The fraction of sp³-hybridized carbons (Fsp3) is 0. The highest BCUT2D eigenvalue weighted by Gasteiger charge is 2.12. The number of carbonyl (C=O) groups is 1. The van der Waals surface area contributed by atoms with Crippen LogP contribution in [0, 0.1) is 3.57 Å². The lowest BCUT2D eigenvalue weighted by Crippen LogP contribution is -2.16. The van der Waals surface area contributed by atoms with E-state index in [4.69, 9.17) is 11.5 Å². The third kappa shape index (κ3) is 1.72. The summed E-state index contributed by atoms with van der Waals surface area (Å²) in [7, 11) is 0. The zero-order valence-corrected chi connectivity index (χ0v) is 9.72. The Hall–Kier alpha value is -1.44. The van der Waals surface area contributed by atoms with Gasteiger partial charge in [-0.1, -0.05) is 0 Å². The highest BCUT2D eigenvalue weighted by molar-refractivity contribution is 14.1. The van der Waals surface area contributed by atoms with Crippen molar-refractivity contribution in [2.75, 3.05) is 5.73 Å². The Morgan fingerprint density at radius 1 is 1.33 bits per heavy atom. The van der Waals surface area contributed by atoms with Crippen molar-refractivity contribution in [2.45, 2.75) is 0 Å². The molecule has 0 aliphatic rings. The van der Waals surface area contributed by atoms with Crippen LogP contribution >= 0.6 is 22.6 Å². The molecule has 0 aliphatic carbocycles. The van der Waals surface area contributed by atoms with Gasteiger partial charge in [0.25, 0.3) is 5.91 Å². The average molecular weight is 314 g/mol. The topological polar surface area (TPSA) is 94.9 Å². The molecule has 1 heterocycles. The van der Waals surface area contributed by atoms with Crippen molar-refractivity contribution in [2.24, 2.45) is 5.73 Å². The fourth-order valence-electron chi connectivity index (χ4n) is 1.28. The Kier molecular flexibility index (Phi) is 2.43. The molecule has 0 atom stereocenters. The van der Waals surface area contributed by atoms with E-state index < -0.39 is 5.91 Å². The van der Waals surface area contributed by atoms with Crippen molar-refractivity contribution in [1.82, 2.24) is 10.2 Å². The number of aromatic nitrogens is 2. The van der Waals surface area contributed by atoms with Gasteiger partial charge in [-0.15, -0.1) is 10.2 Å². The van der Waals surface area contributed by atoms with Crippen LogP contribution < -0.4 is 11.5 Å². The Labute approximate surface area is 99.0 Å². The van der Waals surface area contributed by atoms with Gasteiger partial charge in [-0.2, -0.15) is 0 Å². The first-order chi connectivity index (χ1) is 7.09. The molecular weight excluding hydrogens is 307 g/mol. The third-order valence-electron chi connectivity index (χ3n) is 2.00. The number of halogens is 1. The summed E-state index contributed by atoms with van der Waals surface area (Å²) in [4.78, 5) is 11.0. The normalized spacial score (nSPS) is 10.5. The average Bonchev–Trinajstić information content (AvgIpc) is 2.19. The lowest BCUT2D eigenvalue weighted by Gasteiger charge is -2.04. The quantitative estimate of drug-likeness (QED) is 0.765. The van der Waals surface area contributed by atoms with Crippen molar-refractivity contribution in [3.05, 3.63) is 27.5 Å². The molecule has 1 aromatic carbocycles. The van der Waals surface area contributed by atoms with Gasteiger partial charge in [0.05, 0.1) is 11.2 Å². The molecule has 0 saturated carbocycles. The molecule has 5 nitrogen and oxygen atoms in total. The zero-order valence-electron chi connectivity index (χ0n) is 7.57. The number of hydrogen-bond donors (Lipinski definition) is 2. The fourth-order valence-corrected chi connectivity index (χ4v) is 1.77. The molecule has 2 aromatic rings. The third-order valence-corrected chi connectivity index (χ3v) is 2.67. The number of amides is 1. The summed E-state index contributed by atoms with van der Waals surface area (Å²) in [5.41, 5.74) is 11.9. The van der Waals surface area contributed by atoms with Gasteiger partial charge < -0.3 is 11.5 Å². The lowest BCUT2D eigenvalue weighted by molar-refractivity contribution is 0.0996. The SMILES string of the molecule is NC(=O)c1nnc2ccc(I)cc2c1N. The van der Waals surface area contributed by atoms with E-state index in [1.54, 1.807) is 6.07 Å². The molecule has 0 saturated heterocycles. The molecule has 0 fully saturated rings. The Balaban J connectivity index is 2.82. The molecule has 0 unspecified atom stereocenters. The second kappa shape index (κ2) is 3.61. The van der Waals surface area contributed by atoms with Gasteiger partial charge in [0, 0.05) is 8.96 Å². The molecule has 6 heteroatoms. The standard InChI is InChI=1S/C9H7IN4O/c10-4-1-2-6-5(3-4)7(11)8(9(12)15)14-13-6/h1-3H,(H2,11,13)(H2,12,15). The van der Waals surface area contributed by atoms with Crippen LogP contribution in [-0.4, -0.2) is 16.1 Å². The van der Waals surface area contributed by atoms with Gasteiger partial charge in [0.2, 0.25) is 0 Å². The zero-order chi connectivity index (χ0) is 11.0. The molecule has 1 amide bonds. The second-order valence-electron chi connectivity index (χ2n) is 2.99. The van der Waals surface area contributed by atoms with Crippen molar-refractivity contribution < 1.29 is 4.79 Å². The molecule has 76 valence electrons. The summed E-state index contributed by atoms with van der Waals surface area (Å²) in [6.45, 7) is 0. The summed E-state index contributed by atoms with van der Waals surface area (Å²) in [6.07, 6.45) is 0. The second-order valence-corrected chi connectivity index (χ2v) is 4.23. The predicted molar refractivity (Wildman–Crippen MR) is 65.2 cm³/mol. The molecule has 1 aromatic heterocycles. The molecule has 0 aliphatic heterocycles. The molecule has 0 spiro atoms. The van der Waals surface area contributed by atoms with Crippen LogP contribution in [0.15, 0.2) is 18.2 Å².